The molecule has 1 saturated heterocycles. The lowest BCUT2D eigenvalue weighted by molar-refractivity contribution is 0.141. The highest BCUT2D eigenvalue weighted by Crippen LogP contribution is 2.26. The first-order valence-electron chi connectivity index (χ1n) is 6.43. The number of anilines is 1. The number of sulfonamides is 1. The molecule has 0 atom stereocenters. The zero-order chi connectivity index (χ0) is 15.0. The highest BCUT2D eigenvalue weighted by atomic mass is 32.2. The first kappa shape index (κ1) is 14.0. The van der Waals surface area contributed by atoms with Gasteiger partial charge < -0.3 is 5.73 Å². The van der Waals surface area contributed by atoms with E-state index in [1.807, 2.05) is 6.07 Å². The van der Waals surface area contributed by atoms with Crippen molar-refractivity contribution in [1.29, 1.82) is 0 Å². The quantitative estimate of drug-likeness (QED) is 0.936. The van der Waals surface area contributed by atoms with Crippen molar-refractivity contribution in [3.05, 3.63) is 42.6 Å². The summed E-state index contributed by atoms with van der Waals surface area (Å²) in [6.45, 7) is -0.127. The van der Waals surface area contributed by atoms with E-state index in [1.165, 1.54) is 12.1 Å². The second-order valence-corrected chi connectivity index (χ2v) is 6.85. The van der Waals surface area contributed by atoms with Gasteiger partial charge >= 0.3 is 0 Å². The van der Waals surface area contributed by atoms with E-state index in [-0.39, 0.29) is 18.0 Å². The van der Waals surface area contributed by atoms with Crippen molar-refractivity contribution in [3.63, 3.8) is 0 Å². The van der Waals surface area contributed by atoms with E-state index in [9.17, 15) is 12.8 Å². The van der Waals surface area contributed by atoms with Gasteiger partial charge in [0.05, 0.1) is 4.90 Å². The number of rotatable bonds is 3. The third-order valence-corrected chi connectivity index (χ3v) is 5.26. The molecule has 110 valence electrons. The van der Waals surface area contributed by atoms with E-state index in [2.05, 4.69) is 4.98 Å². The van der Waals surface area contributed by atoms with Gasteiger partial charge in [-0.25, -0.2) is 17.8 Å². The summed E-state index contributed by atoms with van der Waals surface area (Å²) >= 11 is 0. The van der Waals surface area contributed by atoms with Gasteiger partial charge in [0.25, 0.3) is 0 Å². The van der Waals surface area contributed by atoms with E-state index in [0.29, 0.717) is 5.82 Å². The number of aromatic nitrogens is 1. The third kappa shape index (κ3) is 2.62. The second kappa shape index (κ2) is 5.09. The van der Waals surface area contributed by atoms with Gasteiger partial charge in [0.1, 0.15) is 12.0 Å². The van der Waals surface area contributed by atoms with Crippen molar-refractivity contribution in [1.82, 2.24) is 9.29 Å². The molecule has 1 aliphatic heterocycles. The van der Waals surface area contributed by atoms with Gasteiger partial charge in [0, 0.05) is 24.8 Å². The van der Waals surface area contributed by atoms with Crippen molar-refractivity contribution >= 4 is 15.8 Å². The Kier molecular flexibility index (Phi) is 3.38. The number of hydrogen-bond donors (Lipinski definition) is 1. The van der Waals surface area contributed by atoms with Crippen molar-refractivity contribution in [2.24, 2.45) is 0 Å². The van der Waals surface area contributed by atoms with Crippen LogP contribution >= 0.6 is 0 Å². The molecule has 2 N–H and O–H groups in total. The average Bonchev–Trinajstić information content (AvgIpc) is 2.45. The molecule has 21 heavy (non-hydrogen) atoms. The predicted octanol–water partition coefficient (Wildman–Crippen LogP) is 1.67. The van der Waals surface area contributed by atoms with Crippen LogP contribution in [0.25, 0.3) is 11.1 Å². The third-order valence-electron chi connectivity index (χ3n) is 3.42. The molecule has 0 amide bonds. The maximum absolute atomic E-state index is 12.8. The average molecular weight is 307 g/mol. The SMILES string of the molecule is Nc1ccc(-c2ccc(S(=O)(=O)N3CC(F)C3)cc2)cn1. The van der Waals surface area contributed by atoms with Gasteiger partial charge in [-0.3, -0.25) is 0 Å². The molecule has 0 spiro atoms. The molecule has 0 unspecified atom stereocenters. The van der Waals surface area contributed by atoms with Gasteiger partial charge in [0.15, 0.2) is 0 Å². The van der Waals surface area contributed by atoms with Gasteiger partial charge in [-0.1, -0.05) is 12.1 Å². The van der Waals surface area contributed by atoms with Gasteiger partial charge in [-0.15, -0.1) is 0 Å². The van der Waals surface area contributed by atoms with Crippen LogP contribution in [-0.4, -0.2) is 37.0 Å². The van der Waals surface area contributed by atoms with Crippen molar-refractivity contribution in [3.8, 4) is 11.1 Å². The monoisotopic (exact) mass is 307 g/mol. The first-order chi connectivity index (χ1) is 9.96. The maximum atomic E-state index is 12.8. The lowest BCUT2D eigenvalue weighted by atomic mass is 10.1. The molecule has 1 fully saturated rings. The molecule has 3 rings (SSSR count). The Morgan fingerprint density at radius 2 is 1.71 bits per heavy atom. The van der Waals surface area contributed by atoms with Crippen LogP contribution in [0.15, 0.2) is 47.5 Å². The Bertz CT molecular complexity index is 739. The molecule has 5 nitrogen and oxygen atoms in total. The minimum absolute atomic E-state index is 0.0635. The number of nitrogens with two attached hydrogens (primary N) is 1. The van der Waals surface area contributed by atoms with Crippen LogP contribution in [0, 0.1) is 0 Å². The zero-order valence-corrected chi connectivity index (χ0v) is 11.9. The molecular weight excluding hydrogens is 293 g/mol. The fraction of sp³-hybridized carbons (Fsp3) is 0.214. The number of halogens is 1. The lowest BCUT2D eigenvalue weighted by Gasteiger charge is -2.33. The summed E-state index contributed by atoms with van der Waals surface area (Å²) in [5.74, 6) is 0.427. The summed E-state index contributed by atoms with van der Waals surface area (Å²) in [5.41, 5.74) is 7.21. The molecule has 2 aromatic rings. The molecule has 0 radical (unpaired) electrons. The normalized spacial score (nSPS) is 16.6. The van der Waals surface area contributed by atoms with Crippen molar-refractivity contribution in [2.45, 2.75) is 11.1 Å². The fourth-order valence-electron chi connectivity index (χ4n) is 2.13. The lowest BCUT2D eigenvalue weighted by Crippen LogP contribution is -2.51. The van der Waals surface area contributed by atoms with Crippen molar-refractivity contribution < 1.29 is 12.8 Å². The van der Waals surface area contributed by atoms with E-state index in [4.69, 9.17) is 5.73 Å². The van der Waals surface area contributed by atoms with E-state index >= 15 is 0 Å². The van der Waals surface area contributed by atoms with Crippen LogP contribution in [0.3, 0.4) is 0 Å². The molecule has 1 aromatic heterocycles. The summed E-state index contributed by atoms with van der Waals surface area (Å²) in [7, 11) is -3.58. The number of benzene rings is 1. The molecule has 0 saturated carbocycles. The molecule has 1 aliphatic rings. The van der Waals surface area contributed by atoms with Crippen LogP contribution in [0.5, 0.6) is 0 Å². The fourth-order valence-corrected chi connectivity index (χ4v) is 3.62. The molecule has 1 aromatic carbocycles. The molecule has 0 bridgehead atoms. The Labute approximate surface area is 122 Å². The number of nitrogens with zero attached hydrogens (tertiary/aromatic N) is 2. The highest BCUT2D eigenvalue weighted by Gasteiger charge is 2.36. The molecule has 7 heteroatoms. The Balaban J connectivity index is 1.86. The minimum atomic E-state index is -3.58. The topological polar surface area (TPSA) is 76.3 Å². The molecule has 0 aliphatic carbocycles. The number of hydrogen-bond acceptors (Lipinski definition) is 4. The second-order valence-electron chi connectivity index (χ2n) is 4.92. The van der Waals surface area contributed by atoms with Gasteiger partial charge in [0.2, 0.25) is 10.0 Å². The Morgan fingerprint density at radius 1 is 1.10 bits per heavy atom. The summed E-state index contributed by atoms with van der Waals surface area (Å²) in [5, 5.41) is 0. The summed E-state index contributed by atoms with van der Waals surface area (Å²) in [4.78, 5) is 4.16. The largest absolute Gasteiger partial charge is 0.384 e. The Hall–Kier alpha value is -1.99. The van der Waals surface area contributed by atoms with Crippen LogP contribution in [0.2, 0.25) is 0 Å². The smallest absolute Gasteiger partial charge is 0.243 e. The maximum Gasteiger partial charge on any atom is 0.243 e. The van der Waals surface area contributed by atoms with Gasteiger partial charge in [-0.2, -0.15) is 4.31 Å². The number of nitrogen functional groups attached to an aromatic ring is 1. The van der Waals surface area contributed by atoms with Crippen LogP contribution in [0.1, 0.15) is 0 Å². The standard InChI is InChI=1S/C14H14FN3O2S/c15-12-8-18(9-12)21(19,20)13-4-1-10(2-5-13)11-3-6-14(16)17-7-11/h1-7,12H,8-9H2,(H2,16,17). The highest BCUT2D eigenvalue weighted by molar-refractivity contribution is 7.89. The minimum Gasteiger partial charge on any atom is -0.384 e. The number of pyridine rings is 1. The summed E-state index contributed by atoms with van der Waals surface area (Å²) in [6.07, 6.45) is 0.571. The first-order valence-corrected chi connectivity index (χ1v) is 7.87. The molecule has 2 heterocycles. The van der Waals surface area contributed by atoms with Crippen LogP contribution in [-0.2, 0) is 10.0 Å². The van der Waals surface area contributed by atoms with E-state index < -0.39 is 16.2 Å². The zero-order valence-electron chi connectivity index (χ0n) is 11.1. The number of alkyl halides is 1. The molecular formula is C14H14FN3O2S. The van der Waals surface area contributed by atoms with E-state index in [1.54, 1.807) is 24.4 Å². The predicted molar refractivity (Wildman–Crippen MR) is 77.7 cm³/mol. The van der Waals surface area contributed by atoms with E-state index in [0.717, 1.165) is 15.4 Å². The van der Waals surface area contributed by atoms with Crippen molar-refractivity contribution in [2.75, 3.05) is 18.8 Å². The Morgan fingerprint density at radius 3 is 2.24 bits per heavy atom. The summed E-state index contributed by atoms with van der Waals surface area (Å²) < 4.78 is 38.3. The van der Waals surface area contributed by atoms with Gasteiger partial charge in [-0.05, 0) is 29.8 Å². The van der Waals surface area contributed by atoms with Crippen LogP contribution < -0.4 is 5.73 Å². The van der Waals surface area contributed by atoms with Crippen LogP contribution in [0.4, 0.5) is 10.2 Å². The summed E-state index contributed by atoms with van der Waals surface area (Å²) in [6, 6.07) is 9.94.